The standard InChI is InChI=1S/C18H20Cl3N3OS/c19-14-2-1-3-15(20)18(14)22-17(25)6-7-23-8-10-24(11-9-23)12-13-4-5-16(21)26-13/h1-5H,6-12H2,(H,22,25). The number of hydrogen-bond acceptors (Lipinski definition) is 4. The van der Waals surface area contributed by atoms with Gasteiger partial charge in [0.15, 0.2) is 0 Å². The molecule has 1 saturated heterocycles. The first kappa shape index (κ1) is 19.9. The number of rotatable bonds is 6. The number of nitrogens with one attached hydrogen (secondary N) is 1. The number of halogens is 3. The quantitative estimate of drug-likeness (QED) is 0.708. The van der Waals surface area contributed by atoms with E-state index >= 15 is 0 Å². The van der Waals surface area contributed by atoms with Gasteiger partial charge in [-0.05, 0) is 24.3 Å². The molecule has 1 aliphatic rings. The average Bonchev–Trinajstić information content (AvgIpc) is 3.02. The van der Waals surface area contributed by atoms with Crippen LogP contribution in [0.4, 0.5) is 5.69 Å². The molecule has 8 heteroatoms. The Morgan fingerprint density at radius 2 is 1.65 bits per heavy atom. The highest BCUT2D eigenvalue weighted by atomic mass is 35.5. The second kappa shape index (κ2) is 9.40. The first-order valence-electron chi connectivity index (χ1n) is 8.44. The summed E-state index contributed by atoms with van der Waals surface area (Å²) in [7, 11) is 0. The Balaban J connectivity index is 1.40. The van der Waals surface area contributed by atoms with Crippen LogP contribution in [0.5, 0.6) is 0 Å². The van der Waals surface area contributed by atoms with Crippen molar-refractivity contribution in [1.29, 1.82) is 0 Å². The van der Waals surface area contributed by atoms with E-state index < -0.39 is 0 Å². The third kappa shape index (κ3) is 5.59. The number of piperazine rings is 1. The molecular formula is C18H20Cl3N3OS. The third-order valence-electron chi connectivity index (χ3n) is 4.36. The third-order valence-corrected chi connectivity index (χ3v) is 6.20. The smallest absolute Gasteiger partial charge is 0.225 e. The van der Waals surface area contributed by atoms with Crippen LogP contribution in [0.3, 0.4) is 0 Å². The summed E-state index contributed by atoms with van der Waals surface area (Å²) in [5, 5.41) is 3.71. The van der Waals surface area contributed by atoms with Crippen molar-refractivity contribution in [2.24, 2.45) is 0 Å². The Morgan fingerprint density at radius 1 is 1.00 bits per heavy atom. The largest absolute Gasteiger partial charge is 0.324 e. The fourth-order valence-corrected chi connectivity index (χ4v) is 4.53. The van der Waals surface area contributed by atoms with Crippen LogP contribution in [0.1, 0.15) is 11.3 Å². The van der Waals surface area contributed by atoms with E-state index in [-0.39, 0.29) is 5.91 Å². The summed E-state index contributed by atoms with van der Waals surface area (Å²) in [6, 6.07) is 9.21. The van der Waals surface area contributed by atoms with Gasteiger partial charge in [-0.3, -0.25) is 9.69 Å². The van der Waals surface area contributed by atoms with Crippen molar-refractivity contribution < 1.29 is 4.79 Å². The second-order valence-electron chi connectivity index (χ2n) is 6.22. The highest BCUT2D eigenvalue weighted by Crippen LogP contribution is 2.29. The monoisotopic (exact) mass is 431 g/mol. The molecule has 0 spiro atoms. The summed E-state index contributed by atoms with van der Waals surface area (Å²) >= 11 is 19.8. The lowest BCUT2D eigenvalue weighted by Gasteiger charge is -2.34. The van der Waals surface area contributed by atoms with E-state index in [1.54, 1.807) is 29.5 Å². The second-order valence-corrected chi connectivity index (χ2v) is 8.83. The van der Waals surface area contributed by atoms with Crippen LogP contribution in [0, 0.1) is 0 Å². The van der Waals surface area contributed by atoms with Crippen molar-refractivity contribution in [3.05, 3.63) is 49.6 Å². The number of hydrogen-bond donors (Lipinski definition) is 1. The molecule has 0 aliphatic carbocycles. The molecule has 4 nitrogen and oxygen atoms in total. The molecule has 2 heterocycles. The lowest BCUT2D eigenvalue weighted by molar-refractivity contribution is -0.116. The summed E-state index contributed by atoms with van der Waals surface area (Å²) in [6.07, 6.45) is 0.419. The van der Waals surface area contributed by atoms with Crippen molar-refractivity contribution in [3.63, 3.8) is 0 Å². The van der Waals surface area contributed by atoms with Crippen LogP contribution in [0.25, 0.3) is 0 Å². The first-order chi connectivity index (χ1) is 12.5. The number of thiophene rings is 1. The van der Waals surface area contributed by atoms with Crippen LogP contribution in [-0.4, -0.2) is 48.4 Å². The van der Waals surface area contributed by atoms with E-state index in [9.17, 15) is 4.79 Å². The molecule has 26 heavy (non-hydrogen) atoms. The van der Waals surface area contributed by atoms with Crippen LogP contribution < -0.4 is 5.32 Å². The normalized spacial score (nSPS) is 16.0. The number of carbonyl (C=O) groups is 1. The zero-order valence-corrected chi connectivity index (χ0v) is 17.3. The Morgan fingerprint density at radius 3 is 2.27 bits per heavy atom. The van der Waals surface area contributed by atoms with Crippen LogP contribution in [0.2, 0.25) is 14.4 Å². The lowest BCUT2D eigenvalue weighted by Crippen LogP contribution is -2.46. The van der Waals surface area contributed by atoms with Gasteiger partial charge in [-0.1, -0.05) is 40.9 Å². The van der Waals surface area contributed by atoms with Crippen molar-refractivity contribution in [2.75, 3.05) is 38.0 Å². The van der Waals surface area contributed by atoms with E-state index in [1.165, 1.54) is 4.88 Å². The lowest BCUT2D eigenvalue weighted by atomic mass is 10.2. The fraction of sp³-hybridized carbons (Fsp3) is 0.389. The minimum atomic E-state index is -0.0735. The maximum atomic E-state index is 12.2. The van der Waals surface area contributed by atoms with Gasteiger partial charge in [0.2, 0.25) is 5.91 Å². The van der Waals surface area contributed by atoms with Crippen LogP contribution in [-0.2, 0) is 11.3 Å². The van der Waals surface area contributed by atoms with Crippen molar-refractivity contribution in [3.8, 4) is 0 Å². The number of nitrogens with zero attached hydrogens (tertiary/aromatic N) is 2. The van der Waals surface area contributed by atoms with Gasteiger partial charge in [0, 0.05) is 50.6 Å². The van der Waals surface area contributed by atoms with Gasteiger partial charge in [0.1, 0.15) is 0 Å². The number of benzene rings is 1. The van der Waals surface area contributed by atoms with E-state index in [0.717, 1.165) is 43.6 Å². The van der Waals surface area contributed by atoms with Gasteiger partial charge in [0.25, 0.3) is 0 Å². The summed E-state index contributed by atoms with van der Waals surface area (Å²) in [6.45, 7) is 5.57. The Kier molecular flexibility index (Phi) is 7.20. The van der Waals surface area contributed by atoms with Gasteiger partial charge >= 0.3 is 0 Å². The summed E-state index contributed by atoms with van der Waals surface area (Å²) < 4.78 is 0.836. The molecule has 0 radical (unpaired) electrons. The molecule has 1 aromatic carbocycles. The number of anilines is 1. The van der Waals surface area contributed by atoms with Crippen molar-refractivity contribution in [2.45, 2.75) is 13.0 Å². The molecule has 0 unspecified atom stereocenters. The number of para-hydroxylation sites is 1. The fourth-order valence-electron chi connectivity index (χ4n) is 2.91. The van der Waals surface area contributed by atoms with Gasteiger partial charge in [0.05, 0.1) is 20.1 Å². The molecule has 140 valence electrons. The predicted molar refractivity (Wildman–Crippen MR) is 111 cm³/mol. The van der Waals surface area contributed by atoms with Crippen LogP contribution >= 0.6 is 46.1 Å². The molecule has 1 aliphatic heterocycles. The molecule has 2 aromatic rings. The Hall–Kier alpha value is -0.820. The topological polar surface area (TPSA) is 35.6 Å². The minimum Gasteiger partial charge on any atom is -0.324 e. The zero-order valence-electron chi connectivity index (χ0n) is 14.2. The van der Waals surface area contributed by atoms with Gasteiger partial charge < -0.3 is 10.2 Å². The van der Waals surface area contributed by atoms with Crippen molar-refractivity contribution >= 4 is 57.7 Å². The molecule has 1 fully saturated rings. The molecule has 3 rings (SSSR count). The van der Waals surface area contributed by atoms with E-state index in [0.29, 0.717) is 22.2 Å². The molecular weight excluding hydrogens is 413 g/mol. The Bertz CT molecular complexity index is 740. The van der Waals surface area contributed by atoms with Crippen LogP contribution in [0.15, 0.2) is 30.3 Å². The van der Waals surface area contributed by atoms with E-state index in [4.69, 9.17) is 34.8 Å². The molecule has 1 amide bonds. The molecule has 1 N–H and O–H groups in total. The summed E-state index contributed by atoms with van der Waals surface area (Å²) in [4.78, 5) is 18.2. The summed E-state index contributed by atoms with van der Waals surface area (Å²) in [5.41, 5.74) is 0.486. The predicted octanol–water partition coefficient (Wildman–Crippen LogP) is 4.85. The van der Waals surface area contributed by atoms with Gasteiger partial charge in [-0.15, -0.1) is 11.3 Å². The van der Waals surface area contributed by atoms with E-state index in [1.807, 2.05) is 6.07 Å². The molecule has 0 saturated carbocycles. The highest BCUT2D eigenvalue weighted by molar-refractivity contribution is 7.16. The maximum absolute atomic E-state index is 12.2. The number of amides is 1. The van der Waals surface area contributed by atoms with Crippen molar-refractivity contribution in [1.82, 2.24) is 9.80 Å². The maximum Gasteiger partial charge on any atom is 0.225 e. The number of carbonyl (C=O) groups excluding carboxylic acids is 1. The Labute approximate surface area is 172 Å². The molecule has 0 bridgehead atoms. The zero-order chi connectivity index (χ0) is 18.5. The van der Waals surface area contributed by atoms with Gasteiger partial charge in [-0.2, -0.15) is 0 Å². The van der Waals surface area contributed by atoms with E-state index in [2.05, 4.69) is 21.2 Å². The first-order valence-corrected chi connectivity index (χ1v) is 10.4. The minimum absolute atomic E-state index is 0.0735. The molecule has 0 atom stereocenters. The van der Waals surface area contributed by atoms with Gasteiger partial charge in [-0.25, -0.2) is 0 Å². The average molecular weight is 433 g/mol. The SMILES string of the molecule is O=C(CCN1CCN(Cc2ccc(Cl)s2)CC1)Nc1c(Cl)cccc1Cl. The molecule has 1 aromatic heterocycles. The summed E-state index contributed by atoms with van der Waals surface area (Å²) in [5.74, 6) is -0.0735. The highest BCUT2D eigenvalue weighted by Gasteiger charge is 2.18.